The standard InChI is InChI=1S/C25H18N2O2S2/c1-27(25(29)23-12-6-16-31-23)22-11-3-2-10-21(22)24(28)26-19-8-4-7-18(17-19)13-14-20-9-5-15-30-20/h2-12,15-17H,1H3,(H,26,28). The highest BCUT2D eigenvalue weighted by molar-refractivity contribution is 7.12. The van der Waals surface area contributed by atoms with E-state index in [9.17, 15) is 9.59 Å². The van der Waals surface area contributed by atoms with Crippen LogP contribution in [-0.2, 0) is 0 Å². The summed E-state index contributed by atoms with van der Waals surface area (Å²) in [5, 5.41) is 6.76. The molecule has 0 radical (unpaired) electrons. The number of amides is 2. The molecule has 4 rings (SSSR count). The third-order valence-electron chi connectivity index (χ3n) is 4.52. The van der Waals surface area contributed by atoms with Crippen LogP contribution in [0.15, 0.2) is 83.6 Å². The number of nitrogens with zero attached hydrogens (tertiary/aromatic N) is 1. The van der Waals surface area contributed by atoms with Crippen LogP contribution in [0.2, 0.25) is 0 Å². The van der Waals surface area contributed by atoms with Gasteiger partial charge in [0.1, 0.15) is 0 Å². The smallest absolute Gasteiger partial charge is 0.268 e. The van der Waals surface area contributed by atoms with Crippen molar-refractivity contribution >= 4 is 45.9 Å². The lowest BCUT2D eigenvalue weighted by Gasteiger charge is -2.20. The highest BCUT2D eigenvalue weighted by atomic mass is 32.1. The Hall–Kier alpha value is -3.66. The Morgan fingerprint density at radius 3 is 2.45 bits per heavy atom. The van der Waals surface area contributed by atoms with Crippen molar-refractivity contribution in [2.45, 2.75) is 0 Å². The minimum Gasteiger partial charge on any atom is -0.322 e. The summed E-state index contributed by atoms with van der Waals surface area (Å²) in [6.45, 7) is 0. The monoisotopic (exact) mass is 442 g/mol. The molecule has 0 saturated carbocycles. The van der Waals surface area contributed by atoms with Gasteiger partial charge >= 0.3 is 0 Å². The summed E-state index contributed by atoms with van der Waals surface area (Å²) < 4.78 is 0. The molecule has 0 fully saturated rings. The molecule has 31 heavy (non-hydrogen) atoms. The fourth-order valence-electron chi connectivity index (χ4n) is 2.99. The largest absolute Gasteiger partial charge is 0.322 e. The molecule has 2 heterocycles. The van der Waals surface area contributed by atoms with Crippen molar-refractivity contribution in [1.82, 2.24) is 0 Å². The number of nitrogens with one attached hydrogen (secondary N) is 1. The van der Waals surface area contributed by atoms with Crippen LogP contribution < -0.4 is 10.2 Å². The molecule has 152 valence electrons. The van der Waals surface area contributed by atoms with Gasteiger partial charge in [-0.3, -0.25) is 9.59 Å². The number of hydrogen-bond donors (Lipinski definition) is 1. The maximum absolute atomic E-state index is 13.0. The van der Waals surface area contributed by atoms with Gasteiger partial charge in [-0.25, -0.2) is 0 Å². The Labute approximate surface area is 188 Å². The molecule has 2 aromatic carbocycles. The lowest BCUT2D eigenvalue weighted by molar-refractivity contribution is 0.0996. The summed E-state index contributed by atoms with van der Waals surface area (Å²) in [5.41, 5.74) is 2.42. The number of carbonyl (C=O) groups excluding carboxylic acids is 2. The highest BCUT2D eigenvalue weighted by Gasteiger charge is 2.20. The third kappa shape index (κ3) is 4.92. The molecule has 0 aliphatic rings. The molecular formula is C25H18N2O2S2. The molecule has 0 atom stereocenters. The third-order valence-corrected chi connectivity index (χ3v) is 6.16. The average Bonchev–Trinajstić information content (AvgIpc) is 3.51. The molecule has 6 heteroatoms. The number of para-hydroxylation sites is 1. The quantitative estimate of drug-likeness (QED) is 0.410. The summed E-state index contributed by atoms with van der Waals surface area (Å²) in [4.78, 5) is 28.9. The Bertz CT molecular complexity index is 1270. The summed E-state index contributed by atoms with van der Waals surface area (Å²) >= 11 is 2.96. The first-order valence-corrected chi connectivity index (χ1v) is 11.3. The second kappa shape index (κ2) is 9.43. The summed E-state index contributed by atoms with van der Waals surface area (Å²) in [6.07, 6.45) is 0. The van der Waals surface area contributed by atoms with E-state index in [1.807, 2.05) is 59.3 Å². The number of carbonyl (C=O) groups is 2. The zero-order chi connectivity index (χ0) is 21.6. The van der Waals surface area contributed by atoms with E-state index in [1.165, 1.54) is 16.2 Å². The van der Waals surface area contributed by atoms with Crippen molar-refractivity contribution in [1.29, 1.82) is 0 Å². The maximum atomic E-state index is 13.0. The van der Waals surface area contributed by atoms with Crippen molar-refractivity contribution < 1.29 is 9.59 Å². The number of benzene rings is 2. The number of anilines is 2. The zero-order valence-corrected chi connectivity index (χ0v) is 18.3. The van der Waals surface area contributed by atoms with Crippen LogP contribution in [0.4, 0.5) is 11.4 Å². The van der Waals surface area contributed by atoms with Crippen molar-refractivity contribution in [3.63, 3.8) is 0 Å². The normalized spacial score (nSPS) is 10.1. The molecule has 0 aliphatic heterocycles. The van der Waals surface area contributed by atoms with Crippen LogP contribution in [0.25, 0.3) is 0 Å². The summed E-state index contributed by atoms with van der Waals surface area (Å²) in [6, 6.07) is 22.0. The second-order valence-electron chi connectivity index (χ2n) is 6.62. The molecule has 0 saturated heterocycles. The number of hydrogen-bond acceptors (Lipinski definition) is 4. The van der Waals surface area contributed by atoms with Crippen LogP contribution in [0.5, 0.6) is 0 Å². The van der Waals surface area contributed by atoms with E-state index in [4.69, 9.17) is 0 Å². The van der Waals surface area contributed by atoms with Gasteiger partial charge in [-0.2, -0.15) is 0 Å². The van der Waals surface area contributed by atoms with Crippen LogP contribution in [0.1, 0.15) is 30.5 Å². The van der Waals surface area contributed by atoms with E-state index in [1.54, 1.807) is 42.6 Å². The number of thiophene rings is 2. The Balaban J connectivity index is 1.55. The van der Waals surface area contributed by atoms with E-state index in [-0.39, 0.29) is 11.8 Å². The molecule has 0 aliphatic carbocycles. The van der Waals surface area contributed by atoms with Crippen molar-refractivity contribution in [3.05, 3.63) is 104 Å². The van der Waals surface area contributed by atoms with Gasteiger partial charge in [-0.1, -0.05) is 42.2 Å². The first-order chi connectivity index (χ1) is 15.1. The van der Waals surface area contributed by atoms with Gasteiger partial charge in [0.15, 0.2) is 0 Å². The van der Waals surface area contributed by atoms with Crippen LogP contribution in [0, 0.1) is 11.8 Å². The Morgan fingerprint density at radius 2 is 1.68 bits per heavy atom. The van der Waals surface area contributed by atoms with Crippen LogP contribution in [0.3, 0.4) is 0 Å². The Morgan fingerprint density at radius 1 is 0.871 bits per heavy atom. The van der Waals surface area contributed by atoms with Gasteiger partial charge in [-0.15, -0.1) is 22.7 Å². The van der Waals surface area contributed by atoms with E-state index in [2.05, 4.69) is 17.2 Å². The van der Waals surface area contributed by atoms with E-state index in [0.29, 0.717) is 21.8 Å². The Kier molecular flexibility index (Phi) is 6.27. The molecule has 1 N–H and O–H groups in total. The number of rotatable bonds is 4. The average molecular weight is 443 g/mol. The lowest BCUT2D eigenvalue weighted by atomic mass is 10.1. The second-order valence-corrected chi connectivity index (χ2v) is 8.52. The molecule has 0 bridgehead atoms. The first kappa shape index (κ1) is 20.6. The van der Waals surface area contributed by atoms with Crippen LogP contribution in [-0.4, -0.2) is 18.9 Å². The van der Waals surface area contributed by atoms with E-state index in [0.717, 1.165) is 10.4 Å². The molecule has 2 aromatic heterocycles. The predicted octanol–water partition coefficient (Wildman–Crippen LogP) is 5.74. The fraction of sp³-hybridized carbons (Fsp3) is 0.0400. The fourth-order valence-corrected chi connectivity index (χ4v) is 4.26. The SMILES string of the molecule is CN(C(=O)c1cccs1)c1ccccc1C(=O)Nc1cccc(C#Cc2cccs2)c1. The lowest BCUT2D eigenvalue weighted by Crippen LogP contribution is -2.28. The van der Waals surface area contributed by atoms with Crippen molar-refractivity contribution in [2.75, 3.05) is 17.3 Å². The van der Waals surface area contributed by atoms with Crippen molar-refractivity contribution in [2.24, 2.45) is 0 Å². The molecule has 0 unspecified atom stereocenters. The zero-order valence-electron chi connectivity index (χ0n) is 16.7. The highest BCUT2D eigenvalue weighted by Crippen LogP contribution is 2.24. The van der Waals surface area contributed by atoms with Gasteiger partial charge in [0.25, 0.3) is 11.8 Å². The molecule has 0 spiro atoms. The molecule has 4 nitrogen and oxygen atoms in total. The van der Waals surface area contributed by atoms with Crippen LogP contribution >= 0.6 is 22.7 Å². The molecule has 2 amide bonds. The van der Waals surface area contributed by atoms with Gasteiger partial charge in [0.2, 0.25) is 0 Å². The first-order valence-electron chi connectivity index (χ1n) is 9.49. The van der Waals surface area contributed by atoms with E-state index >= 15 is 0 Å². The predicted molar refractivity (Wildman–Crippen MR) is 128 cm³/mol. The summed E-state index contributed by atoms with van der Waals surface area (Å²) in [5.74, 6) is 5.79. The minimum absolute atomic E-state index is 0.152. The maximum Gasteiger partial charge on any atom is 0.268 e. The van der Waals surface area contributed by atoms with Gasteiger partial charge in [-0.05, 0) is 53.2 Å². The molecule has 4 aromatic rings. The van der Waals surface area contributed by atoms with Gasteiger partial charge in [0, 0.05) is 18.3 Å². The van der Waals surface area contributed by atoms with Crippen molar-refractivity contribution in [3.8, 4) is 11.8 Å². The topological polar surface area (TPSA) is 49.4 Å². The van der Waals surface area contributed by atoms with Gasteiger partial charge in [0.05, 0.1) is 21.0 Å². The minimum atomic E-state index is -0.287. The summed E-state index contributed by atoms with van der Waals surface area (Å²) in [7, 11) is 1.68. The molecular weight excluding hydrogens is 424 g/mol. The van der Waals surface area contributed by atoms with Gasteiger partial charge < -0.3 is 10.2 Å². The van der Waals surface area contributed by atoms with E-state index < -0.39 is 0 Å².